The molecule has 1 aliphatic heterocycles. The Bertz CT molecular complexity index is 1650. The highest BCUT2D eigenvalue weighted by atomic mass is 79.9. The summed E-state index contributed by atoms with van der Waals surface area (Å²) in [4.78, 5) is 4.33. The molecule has 1 aromatic heterocycles. The molecule has 0 saturated heterocycles. The maximum Gasteiger partial charge on any atom is 0.170 e. The third-order valence-electron chi connectivity index (χ3n) is 6.73. The number of rotatable bonds is 2. The molecule has 1 unspecified atom stereocenters. The van der Waals surface area contributed by atoms with E-state index >= 15 is 0 Å². The molecule has 2 aliphatic rings. The number of nitrogens with zero attached hydrogens (tertiary/aromatic N) is 1. The minimum atomic E-state index is -1.34. The Kier molecular flexibility index (Phi) is 4.40. The molecule has 0 fully saturated rings. The van der Waals surface area contributed by atoms with Crippen LogP contribution >= 0.6 is 15.9 Å². The number of fused-ring (bicyclic) bond motifs is 5. The van der Waals surface area contributed by atoms with Crippen LogP contribution in [-0.2, 0) is 5.60 Å². The van der Waals surface area contributed by atoms with Crippen LogP contribution in [0.1, 0.15) is 16.7 Å². The van der Waals surface area contributed by atoms with Crippen LogP contribution in [-0.4, -0.2) is 10.1 Å². The predicted octanol–water partition coefficient (Wildman–Crippen LogP) is 7.67. The van der Waals surface area contributed by atoms with E-state index in [1.165, 1.54) is 0 Å². The summed E-state index contributed by atoms with van der Waals surface area (Å²) in [6.45, 7) is 0. The molecule has 4 nitrogen and oxygen atoms in total. The summed E-state index contributed by atoms with van der Waals surface area (Å²) in [7, 11) is 0. The summed E-state index contributed by atoms with van der Waals surface area (Å²) in [6, 6.07) is 29.4. The van der Waals surface area contributed by atoms with Crippen LogP contribution in [0.2, 0.25) is 0 Å². The maximum atomic E-state index is 12.5. The van der Waals surface area contributed by atoms with E-state index in [4.69, 9.17) is 9.47 Å². The Morgan fingerprint density at radius 1 is 0.629 bits per heavy atom. The van der Waals surface area contributed by atoms with Crippen LogP contribution in [0.15, 0.2) is 108 Å². The topological polar surface area (TPSA) is 51.6 Å². The van der Waals surface area contributed by atoms with Gasteiger partial charge in [-0.1, -0.05) is 64.5 Å². The highest BCUT2D eigenvalue weighted by Crippen LogP contribution is 2.54. The minimum Gasteiger partial charge on any atom is -0.450 e. The van der Waals surface area contributed by atoms with Crippen LogP contribution in [0.3, 0.4) is 0 Å². The van der Waals surface area contributed by atoms with Crippen molar-refractivity contribution in [1.29, 1.82) is 0 Å². The molecule has 0 saturated carbocycles. The summed E-state index contributed by atoms with van der Waals surface area (Å²) < 4.78 is 13.1. The first-order valence-electron chi connectivity index (χ1n) is 11.3. The van der Waals surface area contributed by atoms with E-state index in [9.17, 15) is 5.11 Å². The zero-order valence-electron chi connectivity index (χ0n) is 18.4. The Hall–Kier alpha value is -3.93. The number of aromatic nitrogens is 1. The number of halogens is 1. The van der Waals surface area contributed by atoms with Gasteiger partial charge in [0.2, 0.25) is 0 Å². The van der Waals surface area contributed by atoms with Gasteiger partial charge in [-0.05, 0) is 59.2 Å². The fraction of sp³-hybridized carbons (Fsp3) is 0.0333. The number of hydrogen-bond acceptors (Lipinski definition) is 4. The monoisotopic (exact) mass is 519 g/mol. The number of benzene rings is 4. The SMILES string of the molecule is OC1(c2ccccc2-c2ccc3c(c2)Oc2ccccc2O3)c2ccncc2-c2ccc(Br)cc21. The number of para-hydroxylation sites is 2. The van der Waals surface area contributed by atoms with Crippen LogP contribution < -0.4 is 9.47 Å². The van der Waals surface area contributed by atoms with Gasteiger partial charge in [-0.3, -0.25) is 4.98 Å². The summed E-state index contributed by atoms with van der Waals surface area (Å²) in [6.07, 6.45) is 3.55. The van der Waals surface area contributed by atoms with Gasteiger partial charge in [-0.15, -0.1) is 0 Å². The Morgan fingerprint density at radius 2 is 1.34 bits per heavy atom. The van der Waals surface area contributed by atoms with Gasteiger partial charge >= 0.3 is 0 Å². The van der Waals surface area contributed by atoms with E-state index in [2.05, 4.69) is 20.9 Å². The number of aliphatic hydroxyl groups is 1. The van der Waals surface area contributed by atoms with Crippen molar-refractivity contribution >= 4 is 15.9 Å². The van der Waals surface area contributed by atoms with Gasteiger partial charge in [-0.2, -0.15) is 0 Å². The smallest absolute Gasteiger partial charge is 0.170 e. The zero-order chi connectivity index (χ0) is 23.6. The molecule has 0 radical (unpaired) electrons. The molecule has 2 heterocycles. The lowest BCUT2D eigenvalue weighted by Gasteiger charge is -2.29. The lowest BCUT2D eigenvalue weighted by Crippen LogP contribution is -2.27. The molecule has 7 rings (SSSR count). The van der Waals surface area contributed by atoms with Crippen LogP contribution in [0.4, 0.5) is 0 Å². The van der Waals surface area contributed by atoms with Gasteiger partial charge in [0, 0.05) is 39.1 Å². The fourth-order valence-corrected chi connectivity index (χ4v) is 5.52. The summed E-state index contributed by atoms with van der Waals surface area (Å²) in [5, 5.41) is 12.5. The number of pyridine rings is 1. The Morgan fingerprint density at radius 3 is 2.20 bits per heavy atom. The molecule has 0 spiro atoms. The number of hydrogen-bond donors (Lipinski definition) is 1. The second kappa shape index (κ2) is 7.54. The van der Waals surface area contributed by atoms with Gasteiger partial charge in [0.25, 0.3) is 0 Å². The van der Waals surface area contributed by atoms with E-state index in [0.717, 1.165) is 43.4 Å². The van der Waals surface area contributed by atoms with Crippen molar-refractivity contribution < 1.29 is 14.6 Å². The molecule has 1 aliphatic carbocycles. The van der Waals surface area contributed by atoms with Crippen LogP contribution in [0.5, 0.6) is 23.0 Å². The Labute approximate surface area is 210 Å². The lowest BCUT2D eigenvalue weighted by molar-refractivity contribution is 0.131. The van der Waals surface area contributed by atoms with Crippen molar-refractivity contribution in [2.24, 2.45) is 0 Å². The lowest BCUT2D eigenvalue weighted by atomic mass is 9.80. The Balaban J connectivity index is 1.42. The normalized spacial score (nSPS) is 16.9. The molecular formula is C30H18BrNO3. The molecule has 35 heavy (non-hydrogen) atoms. The molecule has 1 atom stereocenters. The zero-order valence-corrected chi connectivity index (χ0v) is 20.0. The third-order valence-corrected chi connectivity index (χ3v) is 7.23. The maximum absolute atomic E-state index is 12.5. The molecule has 5 aromatic rings. The highest BCUT2D eigenvalue weighted by molar-refractivity contribution is 9.10. The van der Waals surface area contributed by atoms with Gasteiger partial charge in [0.15, 0.2) is 23.0 Å². The number of ether oxygens (including phenoxy) is 2. The predicted molar refractivity (Wildman–Crippen MR) is 138 cm³/mol. The molecule has 168 valence electrons. The van der Waals surface area contributed by atoms with Gasteiger partial charge in [0.05, 0.1) is 0 Å². The van der Waals surface area contributed by atoms with E-state index < -0.39 is 5.60 Å². The van der Waals surface area contributed by atoms with Crippen molar-refractivity contribution in [2.75, 3.05) is 0 Å². The molecular weight excluding hydrogens is 502 g/mol. The third kappa shape index (κ3) is 2.99. The van der Waals surface area contributed by atoms with Gasteiger partial charge in [0.1, 0.15) is 5.60 Å². The molecule has 4 aromatic carbocycles. The van der Waals surface area contributed by atoms with Crippen LogP contribution in [0, 0.1) is 0 Å². The second-order valence-corrected chi connectivity index (χ2v) is 9.60. The first-order valence-corrected chi connectivity index (χ1v) is 12.1. The second-order valence-electron chi connectivity index (χ2n) is 8.68. The first-order chi connectivity index (χ1) is 17.1. The van der Waals surface area contributed by atoms with Crippen molar-refractivity contribution in [3.63, 3.8) is 0 Å². The van der Waals surface area contributed by atoms with E-state index in [1.807, 2.05) is 97.2 Å². The van der Waals surface area contributed by atoms with Crippen molar-refractivity contribution in [3.8, 4) is 45.3 Å². The summed E-state index contributed by atoms with van der Waals surface area (Å²) >= 11 is 3.59. The average Bonchev–Trinajstić information content (AvgIpc) is 3.16. The van der Waals surface area contributed by atoms with Crippen molar-refractivity contribution in [1.82, 2.24) is 4.98 Å². The van der Waals surface area contributed by atoms with Gasteiger partial charge < -0.3 is 14.6 Å². The highest BCUT2D eigenvalue weighted by Gasteiger charge is 2.44. The summed E-state index contributed by atoms with van der Waals surface area (Å²) in [5.74, 6) is 2.68. The van der Waals surface area contributed by atoms with Crippen molar-refractivity contribution in [3.05, 3.63) is 125 Å². The van der Waals surface area contributed by atoms with Crippen molar-refractivity contribution in [2.45, 2.75) is 5.60 Å². The van der Waals surface area contributed by atoms with Gasteiger partial charge in [-0.25, -0.2) is 0 Å². The van der Waals surface area contributed by atoms with Crippen LogP contribution in [0.25, 0.3) is 22.3 Å². The molecule has 5 heteroatoms. The molecule has 0 amide bonds. The van der Waals surface area contributed by atoms with E-state index in [1.54, 1.807) is 6.20 Å². The van der Waals surface area contributed by atoms with E-state index in [0.29, 0.717) is 23.0 Å². The average molecular weight is 520 g/mol. The van der Waals surface area contributed by atoms with E-state index in [-0.39, 0.29) is 0 Å². The minimum absolute atomic E-state index is 0.641. The molecule has 1 N–H and O–H groups in total. The quantitative estimate of drug-likeness (QED) is 0.255. The first kappa shape index (κ1) is 20.4. The largest absolute Gasteiger partial charge is 0.450 e. The summed E-state index contributed by atoms with van der Waals surface area (Å²) in [5.41, 5.74) is 4.85. The molecule has 0 bridgehead atoms. The standard InChI is InChI=1S/C30H18BrNO3/c31-19-10-11-21-22-17-32-14-13-24(22)30(33,25(21)16-19)23-6-2-1-5-20(23)18-9-12-28-29(15-18)35-27-8-4-3-7-26(27)34-28/h1-17,33H. The fourth-order valence-electron chi connectivity index (χ4n) is 5.16.